The fourth-order valence-electron chi connectivity index (χ4n) is 2.27. The highest BCUT2D eigenvalue weighted by Gasteiger charge is 2.19. The van der Waals surface area contributed by atoms with E-state index >= 15 is 0 Å². The fourth-order valence-corrected chi connectivity index (χ4v) is 3.58. The summed E-state index contributed by atoms with van der Waals surface area (Å²) in [5.74, 6) is 0.574. The van der Waals surface area contributed by atoms with E-state index in [1.165, 1.54) is 29.7 Å². The summed E-state index contributed by atoms with van der Waals surface area (Å²) < 4.78 is 29.3. The van der Waals surface area contributed by atoms with E-state index < -0.39 is 10.0 Å². The van der Waals surface area contributed by atoms with Gasteiger partial charge >= 0.3 is 0 Å². The molecule has 0 spiro atoms. The van der Waals surface area contributed by atoms with E-state index in [4.69, 9.17) is 0 Å². The van der Waals surface area contributed by atoms with Crippen molar-refractivity contribution in [2.75, 3.05) is 4.72 Å². The first kappa shape index (κ1) is 16.1. The first-order valence-corrected chi connectivity index (χ1v) is 8.63. The lowest BCUT2D eigenvalue weighted by molar-refractivity contribution is 0.600. The lowest BCUT2D eigenvalue weighted by atomic mass is 10.1. The predicted octanol–water partition coefficient (Wildman–Crippen LogP) is 1.78. The highest BCUT2D eigenvalue weighted by atomic mass is 32.2. The second-order valence-corrected chi connectivity index (χ2v) is 7.06. The van der Waals surface area contributed by atoms with Crippen LogP contribution in [0.15, 0.2) is 42.1 Å². The summed E-state index contributed by atoms with van der Waals surface area (Å²) in [5, 5.41) is 3.96. The normalized spacial score (nSPS) is 11.5. The Morgan fingerprint density at radius 1 is 0.958 bits per heavy atom. The largest absolute Gasteiger partial charge is 0.263 e. The molecule has 0 amide bonds. The van der Waals surface area contributed by atoms with Gasteiger partial charge in [-0.1, -0.05) is 6.07 Å². The third-order valence-electron chi connectivity index (χ3n) is 3.63. The Balaban J connectivity index is 1.96. The number of hydrogen-bond donors (Lipinski definition) is 1. The minimum atomic E-state index is -3.75. The summed E-state index contributed by atoms with van der Waals surface area (Å²) >= 11 is 0. The molecule has 9 heteroatoms. The quantitative estimate of drug-likeness (QED) is 0.774. The summed E-state index contributed by atoms with van der Waals surface area (Å²) in [6.45, 7) is 5.59. The second-order valence-electron chi connectivity index (χ2n) is 5.41. The van der Waals surface area contributed by atoms with Crippen molar-refractivity contribution in [3.05, 3.63) is 53.9 Å². The Morgan fingerprint density at radius 3 is 2.42 bits per heavy atom. The van der Waals surface area contributed by atoms with Crippen LogP contribution in [0.1, 0.15) is 16.7 Å². The maximum absolute atomic E-state index is 12.7. The van der Waals surface area contributed by atoms with Crippen molar-refractivity contribution >= 4 is 15.8 Å². The van der Waals surface area contributed by atoms with Crippen LogP contribution in [0.25, 0.3) is 5.82 Å². The Labute approximate surface area is 139 Å². The average molecular weight is 344 g/mol. The standard InChI is InChI=1S/C15H16N6O2S/c1-10-4-12(3)13(5-11(10)2)24(22,23)20-14-6-15(18-8-17-14)21-9-16-7-19-21/h4-9H,1-3H3,(H,17,18,20). The van der Waals surface area contributed by atoms with E-state index in [0.29, 0.717) is 11.4 Å². The van der Waals surface area contributed by atoms with Gasteiger partial charge in [-0.25, -0.2) is 28.1 Å². The number of aryl methyl sites for hydroxylation is 3. The molecular formula is C15H16N6O2S. The monoisotopic (exact) mass is 344 g/mol. The maximum Gasteiger partial charge on any atom is 0.263 e. The summed E-state index contributed by atoms with van der Waals surface area (Å²) in [4.78, 5) is 12.1. The molecule has 2 aromatic heterocycles. The van der Waals surface area contributed by atoms with Gasteiger partial charge in [-0.15, -0.1) is 0 Å². The Hall–Kier alpha value is -2.81. The molecule has 1 N–H and O–H groups in total. The zero-order valence-electron chi connectivity index (χ0n) is 13.4. The molecule has 0 saturated carbocycles. The van der Waals surface area contributed by atoms with Crippen molar-refractivity contribution in [1.29, 1.82) is 0 Å². The maximum atomic E-state index is 12.7. The highest BCUT2D eigenvalue weighted by Crippen LogP contribution is 2.22. The molecule has 0 radical (unpaired) electrons. The topological polar surface area (TPSA) is 103 Å². The summed E-state index contributed by atoms with van der Waals surface area (Å²) in [6.07, 6.45) is 4.10. The number of anilines is 1. The number of nitrogens with zero attached hydrogens (tertiary/aromatic N) is 5. The molecule has 0 aliphatic carbocycles. The van der Waals surface area contributed by atoms with E-state index in [-0.39, 0.29) is 10.7 Å². The summed E-state index contributed by atoms with van der Waals surface area (Å²) in [7, 11) is -3.75. The number of aromatic nitrogens is 5. The van der Waals surface area contributed by atoms with Crippen LogP contribution in [0.5, 0.6) is 0 Å². The lowest BCUT2D eigenvalue weighted by Crippen LogP contribution is -2.16. The van der Waals surface area contributed by atoms with Crippen LogP contribution in [-0.2, 0) is 10.0 Å². The number of nitrogens with one attached hydrogen (secondary N) is 1. The van der Waals surface area contributed by atoms with Crippen molar-refractivity contribution in [1.82, 2.24) is 24.7 Å². The van der Waals surface area contributed by atoms with Crippen LogP contribution < -0.4 is 4.72 Å². The van der Waals surface area contributed by atoms with Crippen molar-refractivity contribution < 1.29 is 8.42 Å². The molecule has 3 rings (SSSR count). The van der Waals surface area contributed by atoms with Gasteiger partial charge in [0.25, 0.3) is 10.0 Å². The van der Waals surface area contributed by atoms with Gasteiger partial charge in [0.15, 0.2) is 5.82 Å². The minimum Gasteiger partial charge on any atom is -0.263 e. The van der Waals surface area contributed by atoms with E-state index in [1.807, 2.05) is 19.9 Å². The van der Waals surface area contributed by atoms with E-state index in [2.05, 4.69) is 24.8 Å². The van der Waals surface area contributed by atoms with Crippen LogP contribution in [0.3, 0.4) is 0 Å². The third-order valence-corrected chi connectivity index (χ3v) is 5.12. The summed E-state index contributed by atoms with van der Waals surface area (Å²) in [6, 6.07) is 5.00. The first-order chi connectivity index (χ1) is 11.4. The van der Waals surface area contributed by atoms with Crippen LogP contribution in [-0.4, -0.2) is 33.2 Å². The van der Waals surface area contributed by atoms with Gasteiger partial charge in [0.05, 0.1) is 4.90 Å². The number of rotatable bonds is 4. The SMILES string of the molecule is Cc1cc(C)c(S(=O)(=O)Nc2cc(-n3cncn3)ncn2)cc1C. The highest BCUT2D eigenvalue weighted by molar-refractivity contribution is 7.92. The molecule has 1 aromatic carbocycles. The molecule has 0 aliphatic heterocycles. The van der Waals surface area contributed by atoms with Crippen LogP contribution in [0.2, 0.25) is 0 Å². The number of sulfonamides is 1. The Morgan fingerprint density at radius 2 is 1.71 bits per heavy atom. The number of hydrogen-bond acceptors (Lipinski definition) is 6. The van der Waals surface area contributed by atoms with E-state index in [1.54, 1.807) is 13.0 Å². The van der Waals surface area contributed by atoms with Gasteiger partial charge < -0.3 is 0 Å². The molecule has 2 heterocycles. The molecule has 0 fully saturated rings. The zero-order valence-corrected chi connectivity index (χ0v) is 14.2. The van der Waals surface area contributed by atoms with Gasteiger partial charge in [-0.3, -0.25) is 4.72 Å². The van der Waals surface area contributed by atoms with Gasteiger partial charge in [0.2, 0.25) is 0 Å². The van der Waals surface area contributed by atoms with Crippen molar-refractivity contribution in [3.63, 3.8) is 0 Å². The molecule has 24 heavy (non-hydrogen) atoms. The molecule has 3 aromatic rings. The molecular weight excluding hydrogens is 328 g/mol. The summed E-state index contributed by atoms with van der Waals surface area (Å²) in [5.41, 5.74) is 2.63. The van der Waals surface area contributed by atoms with E-state index in [9.17, 15) is 8.42 Å². The second kappa shape index (κ2) is 6.00. The molecule has 0 aliphatic rings. The first-order valence-electron chi connectivity index (χ1n) is 7.14. The predicted molar refractivity (Wildman–Crippen MR) is 88.4 cm³/mol. The zero-order chi connectivity index (χ0) is 17.3. The number of benzene rings is 1. The average Bonchev–Trinajstić information content (AvgIpc) is 3.05. The molecule has 8 nitrogen and oxygen atoms in total. The van der Waals surface area contributed by atoms with Crippen LogP contribution in [0, 0.1) is 20.8 Å². The Bertz CT molecular complexity index is 983. The molecule has 124 valence electrons. The molecule has 0 bridgehead atoms. The van der Waals surface area contributed by atoms with Crippen molar-refractivity contribution in [2.24, 2.45) is 0 Å². The van der Waals surface area contributed by atoms with Gasteiger partial charge in [0.1, 0.15) is 24.8 Å². The van der Waals surface area contributed by atoms with E-state index in [0.717, 1.165) is 11.1 Å². The molecule has 0 saturated heterocycles. The molecule has 0 atom stereocenters. The lowest BCUT2D eigenvalue weighted by Gasteiger charge is -2.12. The van der Waals surface area contributed by atoms with Gasteiger partial charge in [-0.2, -0.15) is 5.10 Å². The van der Waals surface area contributed by atoms with Crippen molar-refractivity contribution in [3.8, 4) is 5.82 Å². The minimum absolute atomic E-state index is 0.160. The third kappa shape index (κ3) is 3.11. The van der Waals surface area contributed by atoms with Crippen LogP contribution >= 0.6 is 0 Å². The van der Waals surface area contributed by atoms with Crippen molar-refractivity contribution in [2.45, 2.75) is 25.7 Å². The van der Waals surface area contributed by atoms with Gasteiger partial charge in [0, 0.05) is 6.07 Å². The fraction of sp³-hybridized carbons (Fsp3) is 0.200. The molecule has 0 unspecified atom stereocenters. The van der Waals surface area contributed by atoms with Gasteiger partial charge in [-0.05, 0) is 43.5 Å². The Kier molecular flexibility index (Phi) is 4.02. The smallest absolute Gasteiger partial charge is 0.263 e. The van der Waals surface area contributed by atoms with Crippen LogP contribution in [0.4, 0.5) is 5.82 Å².